The lowest BCUT2D eigenvalue weighted by atomic mass is 9.84. The Bertz CT molecular complexity index is 441. The van der Waals surface area contributed by atoms with Gasteiger partial charge in [-0.3, -0.25) is 0 Å². The lowest BCUT2D eigenvalue weighted by Crippen LogP contribution is -2.29. The van der Waals surface area contributed by atoms with Gasteiger partial charge in [0.25, 0.3) is 0 Å². The number of rotatable bonds is 7. The monoisotopic (exact) mass is 309 g/mol. The molecule has 3 heteroatoms. The van der Waals surface area contributed by atoms with Gasteiger partial charge in [0.1, 0.15) is 5.75 Å². The molecule has 1 saturated carbocycles. The summed E-state index contributed by atoms with van der Waals surface area (Å²) in [5, 5.41) is 4.44. The van der Waals surface area contributed by atoms with Crippen molar-refractivity contribution < 1.29 is 4.74 Å². The fraction of sp³-hybridized carbons (Fsp3) is 0.667. The second-order valence-electron chi connectivity index (χ2n) is 6.59. The molecule has 21 heavy (non-hydrogen) atoms. The van der Waals surface area contributed by atoms with Gasteiger partial charge in [0, 0.05) is 23.0 Å². The van der Waals surface area contributed by atoms with E-state index >= 15 is 0 Å². The average Bonchev–Trinajstić information content (AvgIpc) is 2.97. The van der Waals surface area contributed by atoms with E-state index in [0.717, 1.165) is 29.8 Å². The van der Waals surface area contributed by atoms with Crippen molar-refractivity contribution in [2.75, 3.05) is 20.2 Å². The molecule has 0 amide bonds. The van der Waals surface area contributed by atoms with E-state index in [4.69, 9.17) is 16.3 Å². The van der Waals surface area contributed by atoms with Crippen molar-refractivity contribution in [2.45, 2.75) is 45.4 Å². The Balaban J connectivity index is 2.19. The van der Waals surface area contributed by atoms with Gasteiger partial charge in [-0.15, -0.1) is 0 Å². The Morgan fingerprint density at radius 2 is 1.95 bits per heavy atom. The van der Waals surface area contributed by atoms with Crippen molar-refractivity contribution in [1.82, 2.24) is 5.32 Å². The minimum Gasteiger partial charge on any atom is -0.496 e. The molecule has 1 unspecified atom stereocenters. The smallest absolute Gasteiger partial charge is 0.122 e. The molecule has 1 fully saturated rings. The van der Waals surface area contributed by atoms with E-state index < -0.39 is 0 Å². The van der Waals surface area contributed by atoms with Gasteiger partial charge in [0.2, 0.25) is 0 Å². The Morgan fingerprint density at radius 1 is 1.24 bits per heavy atom. The van der Waals surface area contributed by atoms with Crippen molar-refractivity contribution in [3.63, 3.8) is 0 Å². The average molecular weight is 310 g/mol. The van der Waals surface area contributed by atoms with Crippen LogP contribution < -0.4 is 10.1 Å². The first-order valence-electron chi connectivity index (χ1n) is 8.16. The van der Waals surface area contributed by atoms with E-state index in [9.17, 15) is 0 Å². The van der Waals surface area contributed by atoms with E-state index in [0.29, 0.717) is 11.8 Å². The molecule has 2 rings (SSSR count). The Morgan fingerprint density at radius 3 is 2.57 bits per heavy atom. The minimum absolute atomic E-state index is 0.500. The third-order valence-electron chi connectivity index (χ3n) is 4.48. The second kappa shape index (κ2) is 8.05. The fourth-order valence-electron chi connectivity index (χ4n) is 3.41. The van der Waals surface area contributed by atoms with E-state index in [-0.39, 0.29) is 0 Å². The van der Waals surface area contributed by atoms with Gasteiger partial charge in [-0.1, -0.05) is 38.3 Å². The van der Waals surface area contributed by atoms with Gasteiger partial charge in [-0.05, 0) is 49.4 Å². The van der Waals surface area contributed by atoms with Crippen LogP contribution in [0.3, 0.4) is 0 Å². The lowest BCUT2D eigenvalue weighted by Gasteiger charge is -2.26. The standard InChI is InChI=1S/C18H28ClNO/c1-13(2)11-20-12-17(14-6-4-5-7-14)16-10-15(19)8-9-18(16)21-3/h8-10,13-14,17,20H,4-7,11-12H2,1-3H3. The number of methoxy groups -OCH3 is 1. The molecule has 0 radical (unpaired) electrons. The summed E-state index contributed by atoms with van der Waals surface area (Å²) in [6, 6.07) is 6.01. The van der Waals surface area contributed by atoms with Gasteiger partial charge in [-0.25, -0.2) is 0 Å². The molecule has 0 bridgehead atoms. The molecule has 0 heterocycles. The Hall–Kier alpha value is -0.730. The summed E-state index contributed by atoms with van der Waals surface area (Å²) >= 11 is 6.23. The maximum absolute atomic E-state index is 6.23. The molecular formula is C18H28ClNO. The summed E-state index contributed by atoms with van der Waals surface area (Å²) in [6.07, 6.45) is 5.36. The van der Waals surface area contributed by atoms with Crippen molar-refractivity contribution in [1.29, 1.82) is 0 Å². The largest absolute Gasteiger partial charge is 0.496 e. The van der Waals surface area contributed by atoms with Crippen LogP contribution in [0, 0.1) is 11.8 Å². The first kappa shape index (κ1) is 16.6. The Labute approximate surface area is 134 Å². The summed E-state index contributed by atoms with van der Waals surface area (Å²) in [6.45, 7) is 6.57. The molecule has 0 aliphatic heterocycles. The highest BCUT2D eigenvalue weighted by Gasteiger charge is 2.28. The molecule has 0 spiro atoms. The van der Waals surface area contributed by atoms with Crippen LogP contribution in [0.5, 0.6) is 5.75 Å². The van der Waals surface area contributed by atoms with Crippen LogP contribution in [0.15, 0.2) is 18.2 Å². The normalized spacial score (nSPS) is 17.4. The highest BCUT2D eigenvalue weighted by atomic mass is 35.5. The topological polar surface area (TPSA) is 21.3 Å². The highest BCUT2D eigenvalue weighted by molar-refractivity contribution is 6.30. The van der Waals surface area contributed by atoms with Crippen LogP contribution in [0.1, 0.15) is 51.0 Å². The Kier molecular flexibility index (Phi) is 6.38. The van der Waals surface area contributed by atoms with E-state index in [1.807, 2.05) is 12.1 Å². The number of ether oxygens (including phenoxy) is 1. The molecule has 1 atom stereocenters. The van der Waals surface area contributed by atoms with Gasteiger partial charge in [0.05, 0.1) is 7.11 Å². The number of halogens is 1. The molecule has 2 nitrogen and oxygen atoms in total. The minimum atomic E-state index is 0.500. The predicted molar refractivity (Wildman–Crippen MR) is 90.4 cm³/mol. The molecular weight excluding hydrogens is 282 g/mol. The maximum atomic E-state index is 6.23. The summed E-state index contributed by atoms with van der Waals surface area (Å²) in [5.41, 5.74) is 1.27. The molecule has 1 aliphatic rings. The van der Waals surface area contributed by atoms with Crippen LogP contribution >= 0.6 is 11.6 Å². The van der Waals surface area contributed by atoms with Crippen LogP contribution in [0.25, 0.3) is 0 Å². The van der Waals surface area contributed by atoms with Gasteiger partial charge in [0.15, 0.2) is 0 Å². The third-order valence-corrected chi connectivity index (χ3v) is 4.71. The van der Waals surface area contributed by atoms with Gasteiger partial charge in [-0.2, -0.15) is 0 Å². The lowest BCUT2D eigenvalue weighted by molar-refractivity contribution is 0.369. The van der Waals surface area contributed by atoms with Crippen LogP contribution in [-0.4, -0.2) is 20.2 Å². The number of hydrogen-bond donors (Lipinski definition) is 1. The highest BCUT2D eigenvalue weighted by Crippen LogP contribution is 2.41. The van der Waals surface area contributed by atoms with Crippen LogP contribution in [-0.2, 0) is 0 Å². The summed E-state index contributed by atoms with van der Waals surface area (Å²) in [4.78, 5) is 0. The van der Waals surface area contributed by atoms with E-state index in [1.54, 1.807) is 7.11 Å². The predicted octanol–water partition coefficient (Wildman–Crippen LogP) is 4.87. The summed E-state index contributed by atoms with van der Waals surface area (Å²) in [7, 11) is 1.75. The fourth-order valence-corrected chi connectivity index (χ4v) is 3.59. The molecule has 1 N–H and O–H groups in total. The van der Waals surface area contributed by atoms with Gasteiger partial charge >= 0.3 is 0 Å². The first-order chi connectivity index (χ1) is 10.1. The van der Waals surface area contributed by atoms with Crippen LogP contribution in [0.4, 0.5) is 0 Å². The van der Waals surface area contributed by atoms with Crippen molar-refractivity contribution in [3.05, 3.63) is 28.8 Å². The molecule has 0 saturated heterocycles. The molecule has 118 valence electrons. The maximum Gasteiger partial charge on any atom is 0.122 e. The van der Waals surface area contributed by atoms with Crippen molar-refractivity contribution >= 4 is 11.6 Å². The van der Waals surface area contributed by atoms with E-state index in [2.05, 4.69) is 25.2 Å². The molecule has 1 aromatic carbocycles. The zero-order valence-electron chi connectivity index (χ0n) is 13.5. The molecule has 1 aromatic rings. The second-order valence-corrected chi connectivity index (χ2v) is 7.03. The first-order valence-corrected chi connectivity index (χ1v) is 8.53. The summed E-state index contributed by atoms with van der Waals surface area (Å²) < 4.78 is 5.58. The van der Waals surface area contributed by atoms with Crippen molar-refractivity contribution in [2.24, 2.45) is 11.8 Å². The molecule has 0 aromatic heterocycles. The van der Waals surface area contributed by atoms with Gasteiger partial charge < -0.3 is 10.1 Å². The quantitative estimate of drug-likeness (QED) is 0.776. The molecule has 1 aliphatic carbocycles. The number of benzene rings is 1. The zero-order valence-corrected chi connectivity index (χ0v) is 14.2. The number of nitrogens with one attached hydrogen (secondary N) is 1. The third kappa shape index (κ3) is 4.62. The zero-order chi connectivity index (χ0) is 15.2. The van der Waals surface area contributed by atoms with Crippen LogP contribution in [0.2, 0.25) is 5.02 Å². The summed E-state index contributed by atoms with van der Waals surface area (Å²) in [5.74, 6) is 2.90. The van der Waals surface area contributed by atoms with Crippen molar-refractivity contribution in [3.8, 4) is 5.75 Å². The SMILES string of the molecule is COc1ccc(Cl)cc1C(CNCC(C)C)C1CCCC1. The number of hydrogen-bond acceptors (Lipinski definition) is 2. The van der Waals surface area contributed by atoms with E-state index in [1.165, 1.54) is 31.2 Å².